The van der Waals surface area contributed by atoms with Gasteiger partial charge < -0.3 is 0 Å². The molecule has 0 spiro atoms. The summed E-state index contributed by atoms with van der Waals surface area (Å²) in [4.78, 5) is 1.89. The van der Waals surface area contributed by atoms with E-state index in [1.165, 1.54) is 0 Å². The van der Waals surface area contributed by atoms with Crippen LogP contribution in [0.2, 0.25) is 0 Å². The van der Waals surface area contributed by atoms with Crippen LogP contribution in [0.4, 0.5) is 8.78 Å². The number of hydrogen-bond acceptors (Lipinski definition) is 1. The van der Waals surface area contributed by atoms with E-state index in [4.69, 9.17) is 0 Å². The molecule has 0 amide bonds. The molecule has 1 fully saturated rings. The maximum atomic E-state index is 13.7. The maximum absolute atomic E-state index is 13.7. The molecule has 14 heavy (non-hydrogen) atoms. The van der Waals surface area contributed by atoms with Crippen LogP contribution in [-0.4, -0.2) is 30.5 Å². The Kier molecular flexibility index (Phi) is 3.87. The summed E-state index contributed by atoms with van der Waals surface area (Å²) in [5.41, 5.74) is 0. The Bertz CT molecular complexity index is 180. The molecule has 84 valence electrons. The van der Waals surface area contributed by atoms with E-state index < -0.39 is 11.8 Å². The average Bonchev–Trinajstić information content (AvgIpc) is 2.01. The lowest BCUT2D eigenvalue weighted by Gasteiger charge is -2.40. The molecule has 0 radical (unpaired) electrons. The standard InChI is InChI=1S/C11H21F2N/c1-4-6-14-7-5-10(9(2)3)11(12,13)8-14/h9-10H,4-8H2,1-3H3. The van der Waals surface area contributed by atoms with E-state index in [9.17, 15) is 8.78 Å². The molecule has 0 aliphatic carbocycles. The van der Waals surface area contributed by atoms with E-state index in [1.54, 1.807) is 0 Å². The molecule has 0 aromatic carbocycles. The van der Waals surface area contributed by atoms with Crippen LogP contribution in [0.3, 0.4) is 0 Å². The van der Waals surface area contributed by atoms with Crippen LogP contribution >= 0.6 is 0 Å². The lowest BCUT2D eigenvalue weighted by atomic mass is 9.83. The predicted octanol–water partition coefficient (Wildman–Crippen LogP) is 3.01. The number of nitrogens with zero attached hydrogens (tertiary/aromatic N) is 1. The molecule has 0 saturated carbocycles. The van der Waals surface area contributed by atoms with Crippen LogP contribution < -0.4 is 0 Å². The number of rotatable bonds is 3. The van der Waals surface area contributed by atoms with Crippen molar-refractivity contribution in [3.8, 4) is 0 Å². The molecule has 1 aliphatic rings. The summed E-state index contributed by atoms with van der Waals surface area (Å²) >= 11 is 0. The molecule has 0 bridgehead atoms. The second kappa shape index (κ2) is 4.56. The molecule has 1 aliphatic heterocycles. The van der Waals surface area contributed by atoms with Crippen LogP contribution in [0, 0.1) is 11.8 Å². The summed E-state index contributed by atoms with van der Waals surface area (Å²) in [6, 6.07) is 0. The quantitative estimate of drug-likeness (QED) is 0.684. The second-order valence-electron chi connectivity index (χ2n) is 4.68. The van der Waals surface area contributed by atoms with Gasteiger partial charge in [-0.2, -0.15) is 0 Å². The van der Waals surface area contributed by atoms with E-state index in [1.807, 2.05) is 25.7 Å². The smallest absolute Gasteiger partial charge is 0.263 e. The van der Waals surface area contributed by atoms with Crippen molar-refractivity contribution in [3.05, 3.63) is 0 Å². The molecule has 1 saturated heterocycles. The van der Waals surface area contributed by atoms with Gasteiger partial charge in [0.15, 0.2) is 0 Å². The van der Waals surface area contributed by atoms with Crippen molar-refractivity contribution in [3.63, 3.8) is 0 Å². The molecule has 3 heteroatoms. The van der Waals surface area contributed by atoms with Crippen molar-refractivity contribution in [2.45, 2.75) is 39.5 Å². The number of halogens is 2. The van der Waals surface area contributed by atoms with Crippen LogP contribution in [0.25, 0.3) is 0 Å². The zero-order valence-corrected chi connectivity index (χ0v) is 9.39. The predicted molar refractivity (Wildman–Crippen MR) is 54.6 cm³/mol. The van der Waals surface area contributed by atoms with Gasteiger partial charge >= 0.3 is 0 Å². The van der Waals surface area contributed by atoms with Gasteiger partial charge in [-0.15, -0.1) is 0 Å². The number of hydrogen-bond donors (Lipinski definition) is 0. The van der Waals surface area contributed by atoms with E-state index in [2.05, 4.69) is 0 Å². The largest absolute Gasteiger partial charge is 0.297 e. The third-order valence-corrected chi connectivity index (χ3v) is 3.08. The normalized spacial score (nSPS) is 28.3. The monoisotopic (exact) mass is 205 g/mol. The summed E-state index contributed by atoms with van der Waals surface area (Å²) in [5.74, 6) is -2.81. The Morgan fingerprint density at radius 3 is 2.50 bits per heavy atom. The summed E-state index contributed by atoms with van der Waals surface area (Å²) in [6.45, 7) is 7.44. The minimum atomic E-state index is -2.48. The van der Waals surface area contributed by atoms with Crippen molar-refractivity contribution in [1.82, 2.24) is 4.90 Å². The van der Waals surface area contributed by atoms with Gasteiger partial charge in [0.1, 0.15) is 0 Å². The van der Waals surface area contributed by atoms with Gasteiger partial charge in [0.25, 0.3) is 5.92 Å². The molecule has 1 unspecified atom stereocenters. The summed E-state index contributed by atoms with van der Waals surface area (Å²) in [5, 5.41) is 0. The lowest BCUT2D eigenvalue weighted by molar-refractivity contribution is -0.124. The van der Waals surface area contributed by atoms with Crippen molar-refractivity contribution >= 4 is 0 Å². The average molecular weight is 205 g/mol. The Morgan fingerprint density at radius 1 is 1.43 bits per heavy atom. The van der Waals surface area contributed by atoms with E-state index in [-0.39, 0.29) is 12.5 Å². The van der Waals surface area contributed by atoms with Crippen LogP contribution in [0.15, 0.2) is 0 Å². The van der Waals surface area contributed by atoms with Crippen LogP contribution in [0.5, 0.6) is 0 Å². The maximum Gasteiger partial charge on any atom is 0.263 e. The molecule has 0 aromatic heterocycles. The van der Waals surface area contributed by atoms with E-state index in [0.29, 0.717) is 6.42 Å². The Morgan fingerprint density at radius 2 is 2.07 bits per heavy atom. The highest BCUT2D eigenvalue weighted by Crippen LogP contribution is 2.37. The fraction of sp³-hybridized carbons (Fsp3) is 1.00. The molecular formula is C11H21F2N. The summed E-state index contributed by atoms with van der Waals surface area (Å²) < 4.78 is 27.3. The molecule has 1 heterocycles. The van der Waals surface area contributed by atoms with E-state index in [0.717, 1.165) is 19.5 Å². The third-order valence-electron chi connectivity index (χ3n) is 3.08. The van der Waals surface area contributed by atoms with Crippen LogP contribution in [0.1, 0.15) is 33.6 Å². The number of likely N-dealkylation sites (tertiary alicyclic amines) is 1. The van der Waals surface area contributed by atoms with Crippen molar-refractivity contribution in [2.24, 2.45) is 11.8 Å². The zero-order chi connectivity index (χ0) is 10.8. The third kappa shape index (κ3) is 2.66. The van der Waals surface area contributed by atoms with Crippen molar-refractivity contribution < 1.29 is 8.78 Å². The molecule has 0 aromatic rings. The van der Waals surface area contributed by atoms with Gasteiger partial charge in [-0.25, -0.2) is 8.78 Å². The highest BCUT2D eigenvalue weighted by atomic mass is 19.3. The second-order valence-corrected chi connectivity index (χ2v) is 4.68. The number of piperidine rings is 1. The first-order chi connectivity index (χ1) is 6.47. The Balaban J connectivity index is 2.56. The molecule has 1 rings (SSSR count). The zero-order valence-electron chi connectivity index (χ0n) is 9.39. The first-order valence-electron chi connectivity index (χ1n) is 5.57. The SMILES string of the molecule is CCCN1CCC(C(C)C)C(F)(F)C1. The van der Waals surface area contributed by atoms with Gasteiger partial charge in [0.2, 0.25) is 0 Å². The van der Waals surface area contributed by atoms with Crippen molar-refractivity contribution in [2.75, 3.05) is 19.6 Å². The fourth-order valence-corrected chi connectivity index (χ4v) is 2.36. The molecule has 1 nitrogen and oxygen atoms in total. The van der Waals surface area contributed by atoms with E-state index >= 15 is 0 Å². The summed E-state index contributed by atoms with van der Waals surface area (Å²) in [7, 11) is 0. The Labute approximate surface area is 85.5 Å². The first-order valence-corrected chi connectivity index (χ1v) is 5.57. The number of alkyl halides is 2. The van der Waals surface area contributed by atoms with Gasteiger partial charge in [0.05, 0.1) is 6.54 Å². The Hall–Kier alpha value is -0.180. The molecule has 0 N–H and O–H groups in total. The lowest BCUT2D eigenvalue weighted by Crippen LogP contribution is -2.50. The molecule has 1 atom stereocenters. The minimum Gasteiger partial charge on any atom is -0.297 e. The van der Waals surface area contributed by atoms with Gasteiger partial charge in [-0.1, -0.05) is 20.8 Å². The highest BCUT2D eigenvalue weighted by molar-refractivity contribution is 4.87. The minimum absolute atomic E-state index is 0.0380. The topological polar surface area (TPSA) is 3.24 Å². The van der Waals surface area contributed by atoms with Gasteiger partial charge in [-0.3, -0.25) is 4.90 Å². The van der Waals surface area contributed by atoms with Gasteiger partial charge in [0, 0.05) is 5.92 Å². The summed E-state index contributed by atoms with van der Waals surface area (Å²) in [6.07, 6.45) is 1.60. The fourth-order valence-electron chi connectivity index (χ4n) is 2.36. The van der Waals surface area contributed by atoms with Crippen molar-refractivity contribution in [1.29, 1.82) is 0 Å². The van der Waals surface area contributed by atoms with Gasteiger partial charge in [-0.05, 0) is 31.8 Å². The van der Waals surface area contributed by atoms with Crippen LogP contribution in [-0.2, 0) is 0 Å². The highest BCUT2D eigenvalue weighted by Gasteiger charge is 2.45. The molecular weight excluding hydrogens is 184 g/mol. The first kappa shape index (κ1) is 11.9.